The van der Waals surface area contributed by atoms with Crippen LogP contribution in [0.1, 0.15) is 37.4 Å². The summed E-state index contributed by atoms with van der Waals surface area (Å²) in [5, 5.41) is 0. The molecule has 0 spiro atoms. The van der Waals surface area contributed by atoms with E-state index in [2.05, 4.69) is 0 Å². The number of aryl methyl sites for hydroxylation is 1. The smallest absolute Gasteiger partial charge is 0.411 e. The summed E-state index contributed by atoms with van der Waals surface area (Å²) in [4.78, 5) is 24.6. The van der Waals surface area contributed by atoms with E-state index in [0.717, 1.165) is 29.8 Å². The van der Waals surface area contributed by atoms with Gasteiger partial charge >= 0.3 is 24.3 Å². The van der Waals surface area contributed by atoms with Gasteiger partial charge in [0.05, 0.1) is 11.1 Å². The van der Waals surface area contributed by atoms with E-state index < -0.39 is 40.8 Å². The Morgan fingerprint density at radius 1 is 0.561 bits per heavy atom. The Morgan fingerprint density at radius 2 is 0.902 bits per heavy atom. The van der Waals surface area contributed by atoms with Gasteiger partial charge in [-0.3, -0.25) is 0 Å². The number of ether oxygens (including phenoxy) is 2. The van der Waals surface area contributed by atoms with Gasteiger partial charge in [-0.25, -0.2) is 9.59 Å². The number of esters is 2. The predicted octanol–water partition coefficient (Wildman–Crippen LogP) is 7.43. The molecule has 2 N–H and O–H groups in total. The molecule has 0 fully saturated rings. The number of hydrogen-bond acceptors (Lipinski definition) is 5. The first-order valence-electron chi connectivity index (χ1n) is 11.9. The molecular weight excluding hydrogens is 552 g/mol. The first-order chi connectivity index (χ1) is 19.2. The summed E-state index contributed by atoms with van der Waals surface area (Å²) in [5.74, 6) is -2.24. The van der Waals surface area contributed by atoms with E-state index >= 15 is 0 Å². The average molecular weight is 573 g/mol. The van der Waals surface area contributed by atoms with Gasteiger partial charge in [0.2, 0.25) is 5.41 Å². The number of hydrogen-bond donors (Lipinski definition) is 1. The molecule has 0 unspecified atom stereocenters. The van der Waals surface area contributed by atoms with Crippen molar-refractivity contribution in [3.63, 3.8) is 0 Å². The van der Waals surface area contributed by atoms with Gasteiger partial charge < -0.3 is 15.2 Å². The average Bonchev–Trinajstić information content (AvgIpc) is 2.90. The summed E-state index contributed by atoms with van der Waals surface area (Å²) in [7, 11) is 0. The van der Waals surface area contributed by atoms with Crippen molar-refractivity contribution in [1.29, 1.82) is 0 Å². The molecule has 5 nitrogen and oxygen atoms in total. The summed E-state index contributed by atoms with van der Waals surface area (Å²) < 4.78 is 97.0. The maximum Gasteiger partial charge on any atom is 0.411 e. The van der Waals surface area contributed by atoms with Gasteiger partial charge in [-0.15, -0.1) is 0 Å². The molecule has 0 aromatic heterocycles. The summed E-state index contributed by atoms with van der Waals surface area (Å²) in [6.45, 7) is 1.79. The number of carbonyl (C=O) groups is 2. The van der Waals surface area contributed by atoms with Gasteiger partial charge in [0, 0.05) is 5.69 Å². The topological polar surface area (TPSA) is 78.6 Å². The van der Waals surface area contributed by atoms with Crippen molar-refractivity contribution >= 4 is 17.6 Å². The van der Waals surface area contributed by atoms with E-state index in [1.54, 1.807) is 19.1 Å². The van der Waals surface area contributed by atoms with Crippen LogP contribution >= 0.6 is 0 Å². The lowest BCUT2D eigenvalue weighted by Gasteiger charge is -2.38. The van der Waals surface area contributed by atoms with Gasteiger partial charge in [-0.1, -0.05) is 42.0 Å². The van der Waals surface area contributed by atoms with Gasteiger partial charge in [-0.2, -0.15) is 26.3 Å². The zero-order valence-electron chi connectivity index (χ0n) is 21.2. The second-order valence-electron chi connectivity index (χ2n) is 9.06. The molecule has 4 aromatic rings. The Morgan fingerprint density at radius 3 is 1.24 bits per heavy atom. The maximum absolute atomic E-state index is 14.5. The van der Waals surface area contributed by atoms with Crippen LogP contribution in [0.15, 0.2) is 97.1 Å². The van der Waals surface area contributed by atoms with Crippen LogP contribution in [0.25, 0.3) is 0 Å². The van der Waals surface area contributed by atoms with Gasteiger partial charge in [0.1, 0.15) is 11.5 Å². The van der Waals surface area contributed by atoms with E-state index in [4.69, 9.17) is 15.2 Å². The minimum atomic E-state index is -5.84. The lowest BCUT2D eigenvalue weighted by Crippen LogP contribution is -2.54. The number of anilines is 1. The van der Waals surface area contributed by atoms with Gasteiger partial charge in [0.15, 0.2) is 0 Å². The highest BCUT2D eigenvalue weighted by Crippen LogP contribution is 2.56. The van der Waals surface area contributed by atoms with E-state index in [9.17, 15) is 35.9 Å². The molecule has 0 atom stereocenters. The van der Waals surface area contributed by atoms with Crippen molar-refractivity contribution in [1.82, 2.24) is 0 Å². The Bertz CT molecular complexity index is 1410. The number of halogens is 6. The van der Waals surface area contributed by atoms with Crippen molar-refractivity contribution in [3.05, 3.63) is 125 Å². The monoisotopic (exact) mass is 573 g/mol. The number of rotatable bonds is 6. The number of carbonyl (C=O) groups excluding carboxylic acids is 2. The highest BCUT2D eigenvalue weighted by molar-refractivity contribution is 5.91. The lowest BCUT2D eigenvalue weighted by atomic mass is 9.73. The van der Waals surface area contributed by atoms with Crippen molar-refractivity contribution in [2.24, 2.45) is 0 Å². The summed E-state index contributed by atoms with van der Waals surface area (Å²) in [6.07, 6.45) is -11.7. The van der Waals surface area contributed by atoms with Crippen LogP contribution < -0.4 is 15.2 Å². The fourth-order valence-corrected chi connectivity index (χ4v) is 4.17. The van der Waals surface area contributed by atoms with E-state index in [1.807, 2.05) is 0 Å². The summed E-state index contributed by atoms with van der Waals surface area (Å²) in [5.41, 5.74) is 0.267. The van der Waals surface area contributed by atoms with Crippen LogP contribution in [-0.2, 0) is 5.41 Å². The minimum absolute atomic E-state index is 0.0753. The molecule has 41 heavy (non-hydrogen) atoms. The fourth-order valence-electron chi connectivity index (χ4n) is 4.17. The zero-order valence-corrected chi connectivity index (χ0v) is 21.2. The summed E-state index contributed by atoms with van der Waals surface area (Å²) >= 11 is 0. The fraction of sp³-hybridized carbons (Fsp3) is 0.133. The largest absolute Gasteiger partial charge is 0.423 e. The number of benzene rings is 4. The molecule has 0 heterocycles. The third kappa shape index (κ3) is 5.88. The first kappa shape index (κ1) is 29.2. The van der Waals surface area contributed by atoms with Crippen LogP contribution in [0.3, 0.4) is 0 Å². The molecular formula is C30H21F6NO4. The molecule has 0 saturated heterocycles. The third-order valence-electron chi connectivity index (χ3n) is 6.28. The molecule has 0 aliphatic rings. The first-order valence-corrected chi connectivity index (χ1v) is 11.9. The number of nitrogen functional groups attached to an aromatic ring is 1. The van der Waals surface area contributed by atoms with E-state index in [0.29, 0.717) is 30.0 Å². The number of alkyl halides is 6. The van der Waals surface area contributed by atoms with Crippen LogP contribution in [0.2, 0.25) is 0 Å². The molecule has 11 heteroatoms. The van der Waals surface area contributed by atoms with Crippen molar-refractivity contribution in [2.75, 3.05) is 5.73 Å². The maximum atomic E-state index is 14.5. The highest BCUT2D eigenvalue weighted by atomic mass is 19.4. The molecule has 0 bridgehead atoms. The van der Waals surface area contributed by atoms with Gasteiger partial charge in [0.25, 0.3) is 0 Å². The quantitative estimate of drug-likeness (QED) is 0.112. The number of nitrogens with two attached hydrogens (primary N) is 1. The molecule has 0 amide bonds. The Kier molecular flexibility index (Phi) is 7.83. The predicted molar refractivity (Wildman–Crippen MR) is 138 cm³/mol. The molecule has 212 valence electrons. The van der Waals surface area contributed by atoms with Crippen LogP contribution in [0, 0.1) is 6.92 Å². The zero-order chi connectivity index (χ0) is 30.0. The second kappa shape index (κ2) is 11.0. The van der Waals surface area contributed by atoms with Crippen LogP contribution in [-0.4, -0.2) is 24.3 Å². The van der Waals surface area contributed by atoms with Gasteiger partial charge in [-0.05, 0) is 78.7 Å². The highest BCUT2D eigenvalue weighted by Gasteiger charge is 2.72. The van der Waals surface area contributed by atoms with Crippen molar-refractivity contribution < 1.29 is 45.4 Å². The second-order valence-corrected chi connectivity index (χ2v) is 9.06. The van der Waals surface area contributed by atoms with Crippen molar-refractivity contribution in [2.45, 2.75) is 24.7 Å². The van der Waals surface area contributed by atoms with E-state index in [1.165, 1.54) is 36.4 Å². The normalized spacial score (nSPS) is 12.1. The summed E-state index contributed by atoms with van der Waals surface area (Å²) in [6, 6.07) is 17.6. The standard InChI is InChI=1S/C30H21F6NO4/c1-18-2-4-19(5-3-18)26(38)40-24-14-8-21(9-15-24)28(29(31,32)33,30(34,35)36)22-10-16-25(17-11-22)41-27(39)20-6-12-23(37)13-7-20/h2-17H,37H2,1H3. The van der Waals surface area contributed by atoms with Crippen LogP contribution in [0.5, 0.6) is 11.5 Å². The molecule has 0 radical (unpaired) electrons. The SMILES string of the molecule is Cc1ccc(C(=O)Oc2ccc(C(c3ccc(OC(=O)c4ccc(N)cc4)cc3)(C(F)(F)F)C(F)(F)F)cc2)cc1. The molecule has 0 saturated carbocycles. The lowest BCUT2D eigenvalue weighted by molar-refractivity contribution is -0.288. The molecule has 0 aliphatic heterocycles. The minimum Gasteiger partial charge on any atom is -0.423 e. The molecule has 4 rings (SSSR count). The van der Waals surface area contributed by atoms with Crippen LogP contribution in [0.4, 0.5) is 32.0 Å². The molecule has 0 aliphatic carbocycles. The Hall–Kier alpha value is -4.80. The molecule has 4 aromatic carbocycles. The van der Waals surface area contributed by atoms with E-state index in [-0.39, 0.29) is 22.6 Å². The van der Waals surface area contributed by atoms with Crippen molar-refractivity contribution in [3.8, 4) is 11.5 Å². The Labute approximate surface area is 230 Å². The third-order valence-corrected chi connectivity index (χ3v) is 6.28. The Balaban J connectivity index is 1.66.